The number of aryl methyl sites for hydroxylation is 1. The Morgan fingerprint density at radius 3 is 2.66 bits per heavy atom. The Hall–Kier alpha value is -3.50. The summed E-state index contributed by atoms with van der Waals surface area (Å²) in [6.07, 6.45) is 9.77. The van der Waals surface area contributed by atoms with Gasteiger partial charge >= 0.3 is 0 Å². The minimum absolute atomic E-state index is 0.0429. The summed E-state index contributed by atoms with van der Waals surface area (Å²) < 4.78 is 7.33. The number of allylic oxidation sites excluding steroid dienone is 2. The van der Waals surface area contributed by atoms with E-state index in [1.807, 2.05) is 44.3 Å². The molecule has 2 saturated heterocycles. The molecular formula is C31H42N6O4. The Balaban J connectivity index is 1.32. The molecule has 0 bridgehead atoms. The van der Waals surface area contributed by atoms with Crippen molar-refractivity contribution in [2.24, 2.45) is 18.4 Å². The molecule has 2 aromatic rings. The monoisotopic (exact) mass is 562 g/mol. The number of benzene rings is 1. The van der Waals surface area contributed by atoms with Crippen LogP contribution in [-0.4, -0.2) is 77.3 Å². The number of ether oxygens (including phenoxy) is 1. The van der Waals surface area contributed by atoms with Gasteiger partial charge < -0.3 is 20.7 Å². The topological polar surface area (TPSA) is 118 Å². The third-order valence-electron chi connectivity index (χ3n) is 8.97. The van der Waals surface area contributed by atoms with Gasteiger partial charge in [0.1, 0.15) is 6.04 Å². The molecule has 10 heteroatoms. The zero-order valence-electron chi connectivity index (χ0n) is 24.1. The van der Waals surface area contributed by atoms with Gasteiger partial charge in [-0.3, -0.25) is 24.0 Å². The maximum atomic E-state index is 13.7. The highest BCUT2D eigenvalue weighted by atomic mass is 16.5. The molecule has 3 N–H and O–H groups in total. The van der Waals surface area contributed by atoms with Gasteiger partial charge in [-0.15, -0.1) is 0 Å². The summed E-state index contributed by atoms with van der Waals surface area (Å²) in [5, 5.41) is 13.6. The number of amides is 3. The van der Waals surface area contributed by atoms with Crippen LogP contribution < -0.4 is 16.0 Å². The number of fused-ring (bicyclic) bond motifs is 1. The molecule has 2 fully saturated rings. The van der Waals surface area contributed by atoms with Crippen molar-refractivity contribution < 1.29 is 19.1 Å². The van der Waals surface area contributed by atoms with Crippen molar-refractivity contribution in [3.8, 4) is 0 Å². The number of nitrogens with zero attached hydrogens (tertiary/aromatic N) is 3. The first-order valence-electron chi connectivity index (χ1n) is 14.7. The van der Waals surface area contributed by atoms with Crippen LogP contribution in [0, 0.1) is 18.3 Å². The number of nitrogens with one attached hydrogen (secondary N) is 3. The van der Waals surface area contributed by atoms with Crippen LogP contribution in [0.1, 0.15) is 43.4 Å². The number of hydrogen-bond acceptors (Lipinski definition) is 6. The molecule has 0 radical (unpaired) electrons. The fraction of sp³-hybridized carbons (Fsp3) is 0.548. The number of aromatic nitrogens is 2. The summed E-state index contributed by atoms with van der Waals surface area (Å²) in [6, 6.07) is 9.12. The Labute approximate surface area is 241 Å². The van der Waals surface area contributed by atoms with Crippen molar-refractivity contribution >= 4 is 23.4 Å². The third kappa shape index (κ3) is 7.05. The number of likely N-dealkylation sites (tertiary alicyclic amines) is 1. The molecule has 220 valence electrons. The largest absolute Gasteiger partial charge is 0.381 e. The molecule has 10 nitrogen and oxygen atoms in total. The van der Waals surface area contributed by atoms with Crippen LogP contribution in [0.4, 0.5) is 5.69 Å². The van der Waals surface area contributed by atoms with E-state index in [1.54, 1.807) is 10.9 Å². The Morgan fingerprint density at radius 1 is 1.15 bits per heavy atom. The number of hydrogen-bond donors (Lipinski definition) is 3. The highest BCUT2D eigenvalue weighted by Crippen LogP contribution is 2.36. The quantitative estimate of drug-likeness (QED) is 0.482. The lowest BCUT2D eigenvalue weighted by molar-refractivity contribution is -0.140. The fourth-order valence-electron chi connectivity index (χ4n) is 6.21. The number of piperidine rings is 1. The van der Waals surface area contributed by atoms with E-state index in [1.165, 1.54) is 0 Å². The molecule has 1 aromatic heterocycles. The first-order chi connectivity index (χ1) is 19.8. The van der Waals surface area contributed by atoms with Crippen LogP contribution in [0.3, 0.4) is 0 Å². The molecule has 3 atom stereocenters. The van der Waals surface area contributed by atoms with E-state index in [2.05, 4.69) is 38.1 Å². The molecular weight excluding hydrogens is 520 g/mol. The molecule has 3 amide bonds. The van der Waals surface area contributed by atoms with Gasteiger partial charge in [0.05, 0.1) is 29.5 Å². The molecule has 0 aliphatic carbocycles. The van der Waals surface area contributed by atoms with E-state index in [0.29, 0.717) is 52.0 Å². The van der Waals surface area contributed by atoms with Crippen LogP contribution in [-0.2, 0) is 32.6 Å². The Bertz CT molecular complexity index is 1250. The predicted octanol–water partition coefficient (Wildman–Crippen LogP) is 2.35. The van der Waals surface area contributed by atoms with E-state index in [9.17, 15) is 14.4 Å². The van der Waals surface area contributed by atoms with Gasteiger partial charge in [0.25, 0.3) is 0 Å². The average molecular weight is 563 g/mol. The lowest BCUT2D eigenvalue weighted by Gasteiger charge is -2.40. The summed E-state index contributed by atoms with van der Waals surface area (Å²) >= 11 is 0. The van der Waals surface area contributed by atoms with Crippen molar-refractivity contribution in [1.82, 2.24) is 25.3 Å². The van der Waals surface area contributed by atoms with E-state index in [-0.39, 0.29) is 36.2 Å². The SMILES string of the molecule is Cc1c(NC(=O)CN2CC[C@H]3NC(=O)[C@H](Cc4ccccc4)NC(=O)C4(C/C=C/C[C@H]3C2)CCOCC4)cnn1C. The van der Waals surface area contributed by atoms with Gasteiger partial charge in [0, 0.05) is 45.8 Å². The van der Waals surface area contributed by atoms with Gasteiger partial charge in [-0.25, -0.2) is 0 Å². The summed E-state index contributed by atoms with van der Waals surface area (Å²) in [5.74, 6) is -0.139. The summed E-state index contributed by atoms with van der Waals surface area (Å²) in [5.41, 5.74) is 2.05. The van der Waals surface area contributed by atoms with Crippen LogP contribution in [0.15, 0.2) is 48.7 Å². The Kier molecular flexibility index (Phi) is 9.19. The maximum Gasteiger partial charge on any atom is 0.243 e. The predicted molar refractivity (Wildman–Crippen MR) is 156 cm³/mol. The Morgan fingerprint density at radius 2 is 1.93 bits per heavy atom. The van der Waals surface area contributed by atoms with Gasteiger partial charge in [-0.05, 0) is 50.5 Å². The molecule has 0 unspecified atom stereocenters. The zero-order valence-corrected chi connectivity index (χ0v) is 24.1. The van der Waals surface area contributed by atoms with Crippen LogP contribution in [0.25, 0.3) is 0 Å². The first-order valence-corrected chi connectivity index (χ1v) is 14.7. The van der Waals surface area contributed by atoms with E-state index in [0.717, 1.165) is 29.8 Å². The zero-order chi connectivity index (χ0) is 28.8. The van der Waals surface area contributed by atoms with Crippen LogP contribution in [0.5, 0.6) is 0 Å². The standard InChI is InChI=1S/C31H42N6O4/c1-22-27(19-32-36(22)2)33-28(38)21-37-15-11-25-24(20-37)10-6-7-12-31(13-16-41-17-14-31)30(40)35-26(29(39)34-25)18-23-8-4-3-5-9-23/h3-9,19,24-26H,10-18,20-21H2,1-2H3,(H,33,38)(H,34,39)(H,35,40)/b7-6+/t24-,25+,26-/m0/s1. The first kappa shape index (κ1) is 29.0. The second-order valence-corrected chi connectivity index (χ2v) is 11.7. The minimum Gasteiger partial charge on any atom is -0.381 e. The molecule has 41 heavy (non-hydrogen) atoms. The molecule has 0 saturated carbocycles. The lowest BCUT2D eigenvalue weighted by atomic mass is 9.75. The number of anilines is 1. The smallest absolute Gasteiger partial charge is 0.243 e. The molecule has 3 aliphatic rings. The summed E-state index contributed by atoms with van der Waals surface area (Å²) in [4.78, 5) is 42.5. The van der Waals surface area contributed by atoms with Gasteiger partial charge in [-0.1, -0.05) is 42.5 Å². The van der Waals surface area contributed by atoms with E-state index < -0.39 is 11.5 Å². The van der Waals surface area contributed by atoms with Crippen molar-refractivity contribution in [1.29, 1.82) is 0 Å². The van der Waals surface area contributed by atoms with Gasteiger partial charge in [-0.2, -0.15) is 5.10 Å². The highest BCUT2D eigenvalue weighted by Gasteiger charge is 2.41. The minimum atomic E-state index is -0.666. The van der Waals surface area contributed by atoms with Crippen molar-refractivity contribution in [3.05, 3.63) is 59.9 Å². The normalized spacial score (nSPS) is 26.1. The molecule has 1 spiro atoms. The lowest BCUT2D eigenvalue weighted by Crippen LogP contribution is -2.58. The van der Waals surface area contributed by atoms with Gasteiger partial charge in [0.15, 0.2) is 0 Å². The van der Waals surface area contributed by atoms with Gasteiger partial charge in [0.2, 0.25) is 17.7 Å². The molecule has 5 rings (SSSR count). The molecule has 4 heterocycles. The highest BCUT2D eigenvalue weighted by molar-refractivity contribution is 5.93. The number of carbonyl (C=O) groups excluding carboxylic acids is 3. The molecule has 1 aromatic carbocycles. The number of rotatable bonds is 5. The van der Waals surface area contributed by atoms with E-state index >= 15 is 0 Å². The third-order valence-corrected chi connectivity index (χ3v) is 8.97. The average Bonchev–Trinajstić information content (AvgIpc) is 3.28. The maximum absolute atomic E-state index is 13.7. The summed E-state index contributed by atoms with van der Waals surface area (Å²) in [7, 11) is 1.85. The second-order valence-electron chi connectivity index (χ2n) is 11.7. The van der Waals surface area contributed by atoms with Crippen molar-refractivity contribution in [2.75, 3.05) is 38.2 Å². The summed E-state index contributed by atoms with van der Waals surface area (Å²) in [6.45, 7) is 4.68. The van der Waals surface area contributed by atoms with E-state index in [4.69, 9.17) is 4.74 Å². The second kappa shape index (κ2) is 13.0. The number of carbonyl (C=O) groups is 3. The molecule has 3 aliphatic heterocycles. The van der Waals surface area contributed by atoms with Crippen molar-refractivity contribution in [3.63, 3.8) is 0 Å². The fourth-order valence-corrected chi connectivity index (χ4v) is 6.21. The van der Waals surface area contributed by atoms with Crippen molar-refractivity contribution in [2.45, 2.75) is 57.5 Å². The van der Waals surface area contributed by atoms with Crippen LogP contribution >= 0.6 is 0 Å². The van der Waals surface area contributed by atoms with Crippen LogP contribution in [0.2, 0.25) is 0 Å².